The molecule has 86 heavy (non-hydrogen) atoms. The zero-order valence-electron chi connectivity index (χ0n) is 75.4. The Labute approximate surface area is 548 Å². The molecule has 6 heterocycles. The number of benzene rings is 3. The van der Waals surface area contributed by atoms with E-state index in [2.05, 4.69) is 9.97 Å². The van der Waals surface area contributed by atoms with Gasteiger partial charge in [0.1, 0.15) is 21.1 Å². The molecule has 6 aromatic heterocycles. The van der Waals surface area contributed by atoms with E-state index in [1.54, 1.807) is 108 Å². The van der Waals surface area contributed by atoms with Crippen LogP contribution in [0.25, 0.3) is 67.2 Å². The molecule has 13 rings (SSSR count). The average molecular weight is 1160 g/mol. The third-order valence-electron chi connectivity index (χ3n) is 17.2. The fourth-order valence-corrected chi connectivity index (χ4v) is 13.6. The van der Waals surface area contributed by atoms with Crippen molar-refractivity contribution < 1.29 is 45.2 Å². The number of aryl methyl sites for hydroxylation is 15. The van der Waals surface area contributed by atoms with Crippen LogP contribution in [0, 0.1) is 94.0 Å². The maximum atomic E-state index is 9.17. The number of hydrogen-bond donors (Lipinski definition) is 0. The van der Waals surface area contributed by atoms with Crippen LogP contribution in [0.2, 0.25) is 0 Å². The van der Waals surface area contributed by atoms with Crippen molar-refractivity contribution in [3.8, 4) is 67.2 Å². The lowest BCUT2D eigenvalue weighted by molar-refractivity contribution is -0.661. The van der Waals surface area contributed by atoms with Crippen molar-refractivity contribution in [1.82, 2.24) is 15.0 Å². The van der Waals surface area contributed by atoms with Crippen molar-refractivity contribution in [3.05, 3.63) is 209 Å². The van der Waals surface area contributed by atoms with Gasteiger partial charge in [-0.15, -0.1) is 0 Å². The first-order valence-corrected chi connectivity index (χ1v) is 30.0. The van der Waals surface area contributed by atoms with Crippen molar-refractivity contribution >= 4 is 0 Å². The van der Waals surface area contributed by atoms with Gasteiger partial charge in [0, 0.05) is 119 Å². The number of aromatic nitrogens is 6. The second kappa shape index (κ2) is 23.3. The van der Waals surface area contributed by atoms with Crippen LogP contribution in [-0.2, 0) is 53.2 Å². The van der Waals surface area contributed by atoms with Gasteiger partial charge >= 0.3 is 0 Å². The Kier molecular flexibility index (Phi) is 10.3. The summed E-state index contributed by atoms with van der Waals surface area (Å²) in [5.41, 5.74) is 20.2. The summed E-state index contributed by atoms with van der Waals surface area (Å²) >= 11 is 0. The third kappa shape index (κ3) is 11.4. The molecule has 3 aromatic carbocycles. The molecule has 0 N–H and O–H groups in total. The van der Waals surface area contributed by atoms with Crippen LogP contribution in [0.1, 0.15) is 215 Å². The lowest BCUT2D eigenvalue weighted by Gasteiger charge is -2.20. The predicted octanol–water partition coefficient (Wildman–Crippen LogP) is 17.6. The number of rotatable bonds is 7. The second-order valence-corrected chi connectivity index (χ2v) is 25.6. The summed E-state index contributed by atoms with van der Waals surface area (Å²) in [7, 11) is 5.37. The summed E-state index contributed by atoms with van der Waals surface area (Å²) in [6.45, 7) is 5.94. The molecule has 442 valence electrons. The van der Waals surface area contributed by atoms with E-state index in [0.717, 1.165) is 91.0 Å². The van der Waals surface area contributed by atoms with Crippen LogP contribution in [-0.4, -0.2) is 15.0 Å². The van der Waals surface area contributed by atoms with Gasteiger partial charge in [-0.05, 0) is 227 Å². The Morgan fingerprint density at radius 1 is 0.477 bits per heavy atom. The van der Waals surface area contributed by atoms with Crippen molar-refractivity contribution in [2.75, 3.05) is 0 Å². The minimum Gasteiger partial charge on any atom is -0.257 e. The molecule has 6 heteroatoms. The Morgan fingerprint density at radius 3 is 1.21 bits per heavy atom. The van der Waals surface area contributed by atoms with E-state index < -0.39 is 71.1 Å². The zero-order chi connectivity index (χ0) is 81.0. The topological polar surface area (TPSA) is 50.3 Å². The molecule has 0 spiro atoms. The minimum absolute atomic E-state index is 0.0112. The molecule has 0 unspecified atom stereocenters. The van der Waals surface area contributed by atoms with Crippen molar-refractivity contribution in [1.29, 1.82) is 0 Å². The summed E-state index contributed by atoms with van der Waals surface area (Å²) in [4.78, 5) is 14.0. The van der Waals surface area contributed by atoms with Crippen LogP contribution in [0.15, 0.2) is 91.4 Å². The van der Waals surface area contributed by atoms with Crippen molar-refractivity contribution in [3.63, 3.8) is 0 Å². The number of hydrogen-bond acceptors (Lipinski definition) is 3. The van der Waals surface area contributed by atoms with E-state index >= 15 is 0 Å². The van der Waals surface area contributed by atoms with Gasteiger partial charge in [-0.3, -0.25) is 15.0 Å². The highest BCUT2D eigenvalue weighted by molar-refractivity contribution is 5.88. The lowest BCUT2D eigenvalue weighted by Crippen LogP contribution is -2.32. The highest BCUT2D eigenvalue weighted by atomic mass is 14.9. The molecule has 0 bridgehead atoms. The first-order chi connectivity index (χ1) is 49.9. The monoisotopic (exact) mass is 1160 g/mol. The van der Waals surface area contributed by atoms with Gasteiger partial charge in [-0.1, -0.05) is 83.9 Å². The number of fused-ring (bicyclic) bond motifs is 9. The van der Waals surface area contributed by atoms with E-state index in [0.29, 0.717) is 99.8 Å². The average Bonchev–Trinajstić information content (AvgIpc) is 1.59. The normalized spacial score (nSPS) is 19.2. The Morgan fingerprint density at radius 2 is 0.837 bits per heavy atom. The highest BCUT2D eigenvalue weighted by Crippen LogP contribution is 2.48. The van der Waals surface area contributed by atoms with E-state index in [1.807, 2.05) is 81.8 Å². The standard InChI is InChI=1S/C27H31N2.C27H33N2.C26H31N2/c1-16-10-11-21-23(13-24-26(21)17(2)12-19(4)28-24)27(16)25-14-22(18(3)15-29(25)5)20-8-6-7-9-20;1-16-9-10-21-22(13-23-25(21)17(2)11-19(4)28-23)26(16)24-12-20(14-27(5,6)7)18(3)15-29(24)8;1-15(2)10-20-12-24(28(7)14-18(20)5)26-16(3)8-9-21-22(26)13-23-25(21)17(4)11-19(6)27-23/h10-12,14-15,20H,6-9,13H2,1-5H3;9-12,15H,13-14H2,1-8H3;8-9,11-12,14-15H,10,13H2,1-7H3/q3*+1/i2D3,3D3,20D;2D3,3D3,14D2;4D3,5D3,10D2. The Hall–Kier alpha value is -7.44. The molecule has 0 radical (unpaired) electrons. The van der Waals surface area contributed by atoms with Gasteiger partial charge in [0.15, 0.2) is 18.6 Å². The molecule has 0 saturated heterocycles. The Bertz CT molecular complexity index is 4980. The molecular weight excluding hydrogens is 1040 g/mol. The maximum Gasteiger partial charge on any atom is 0.213 e. The molecule has 0 aliphatic heterocycles. The molecular formula is C80H95N6+3. The lowest BCUT2D eigenvalue weighted by atomic mass is 9.85. The molecule has 1 fully saturated rings. The molecule has 0 atom stereocenters. The minimum atomic E-state index is -2.50. The number of nitrogens with zero attached hydrogens (tertiary/aromatic N) is 6. The zero-order valence-corrected chi connectivity index (χ0v) is 52.4. The smallest absolute Gasteiger partial charge is 0.213 e. The second-order valence-electron chi connectivity index (χ2n) is 25.6. The van der Waals surface area contributed by atoms with E-state index in [9.17, 15) is 1.37 Å². The summed E-state index contributed by atoms with van der Waals surface area (Å²) in [5.74, 6) is -1.37. The SMILES string of the molecule is [2H]C([2H])([2H])c1c[n+](C)c(-c2c(C)ccc3c2Cc2nc(C)cc(C([2H])([2H])[2H])c2-3)cc1C([2H])([2H])C(C)(C)C.[2H]C([2H])([2H])c1c[n+](C)c(-c2c(C)ccc3c2Cc2nc(C)cc(C([2H])([2H])[2H])c2-3)cc1C([2H])([2H])C(C)C.[2H]C([2H])([2H])c1c[n+](C)c(-c2c(C)ccc3c2Cc2nc(C)cc(C([2H])([2H])[2H])c2-3)cc1C1([2H])CCCC1. The fourth-order valence-electron chi connectivity index (χ4n) is 13.6. The summed E-state index contributed by atoms with van der Waals surface area (Å²) < 4.78 is 196. The first kappa shape index (κ1) is 38.0. The quantitative estimate of drug-likeness (QED) is 0.149. The van der Waals surface area contributed by atoms with Gasteiger partial charge in [-0.2, -0.15) is 0 Å². The molecule has 9 aromatic rings. The van der Waals surface area contributed by atoms with Crippen molar-refractivity contribution in [2.45, 2.75) is 181 Å². The predicted molar refractivity (Wildman–Crippen MR) is 357 cm³/mol. The molecule has 6 nitrogen and oxygen atoms in total. The van der Waals surface area contributed by atoms with Gasteiger partial charge < -0.3 is 0 Å². The largest absolute Gasteiger partial charge is 0.257 e. The first-order valence-electron chi connectivity index (χ1n) is 41.5. The summed E-state index contributed by atoms with van der Waals surface area (Å²) in [6, 6.07) is 21.9. The van der Waals surface area contributed by atoms with Gasteiger partial charge in [0.25, 0.3) is 0 Å². The maximum absolute atomic E-state index is 9.17. The van der Waals surface area contributed by atoms with Crippen LogP contribution in [0.4, 0.5) is 0 Å². The molecule has 4 aliphatic carbocycles. The van der Waals surface area contributed by atoms with Gasteiger partial charge in [0.05, 0.1) is 33.8 Å². The molecule has 1 saturated carbocycles. The summed E-state index contributed by atoms with van der Waals surface area (Å²) in [6.07, 6.45) is 5.41. The van der Waals surface area contributed by atoms with Gasteiger partial charge in [0.2, 0.25) is 17.1 Å². The van der Waals surface area contributed by atoms with Crippen LogP contribution in [0.5, 0.6) is 0 Å². The molecule has 0 amide bonds. The van der Waals surface area contributed by atoms with Crippen LogP contribution < -0.4 is 13.7 Å². The van der Waals surface area contributed by atoms with Crippen molar-refractivity contribution in [2.24, 2.45) is 32.5 Å². The fraction of sp³-hybridized carbons (Fsp3) is 0.400. The highest BCUT2D eigenvalue weighted by Gasteiger charge is 2.34. The van der Waals surface area contributed by atoms with Crippen LogP contribution >= 0.6 is 0 Å². The van der Waals surface area contributed by atoms with E-state index in [-0.39, 0.29) is 38.9 Å². The number of pyridine rings is 6. The van der Waals surface area contributed by atoms with Crippen LogP contribution in [0.3, 0.4) is 0 Å². The van der Waals surface area contributed by atoms with E-state index in [4.69, 9.17) is 35.1 Å². The summed E-state index contributed by atoms with van der Waals surface area (Å²) in [5, 5.41) is 0. The Balaban J connectivity index is 0.000000162. The van der Waals surface area contributed by atoms with Gasteiger partial charge in [-0.25, -0.2) is 13.7 Å². The van der Waals surface area contributed by atoms with E-state index in [1.165, 1.54) is 12.4 Å². The molecule has 4 aliphatic rings. The third-order valence-corrected chi connectivity index (χ3v) is 17.2.